The van der Waals surface area contributed by atoms with Gasteiger partial charge in [0, 0.05) is 33.9 Å². The number of halogens is 1. The number of aliphatic imine (C=N–C) groups is 1. The molecule has 0 saturated heterocycles. The summed E-state index contributed by atoms with van der Waals surface area (Å²) in [6.45, 7) is 2.52. The van der Waals surface area contributed by atoms with Crippen molar-refractivity contribution < 1.29 is 9.15 Å². The number of hydrogen-bond acceptors (Lipinski definition) is 4. The van der Waals surface area contributed by atoms with Crippen molar-refractivity contribution in [2.24, 2.45) is 10.4 Å². The van der Waals surface area contributed by atoms with E-state index in [1.54, 1.807) is 13.4 Å². The zero-order chi connectivity index (χ0) is 18.1. The zero-order valence-corrected chi connectivity index (χ0v) is 18.9. The lowest BCUT2D eigenvalue weighted by Gasteiger charge is -2.30. The van der Waals surface area contributed by atoms with Crippen LogP contribution in [0.4, 0.5) is 0 Å². The van der Waals surface area contributed by atoms with E-state index in [4.69, 9.17) is 9.15 Å². The SMILES string of the molecule is CN=C(NCC(c1ccco1)N(C)C)NCC1(CCOC)CCCC1.I. The summed E-state index contributed by atoms with van der Waals surface area (Å²) in [5.74, 6) is 1.81. The number of nitrogens with zero attached hydrogens (tertiary/aromatic N) is 2. The highest BCUT2D eigenvalue weighted by Crippen LogP contribution is 2.40. The number of guanidine groups is 1. The first-order valence-electron chi connectivity index (χ1n) is 9.23. The summed E-state index contributed by atoms with van der Waals surface area (Å²) in [7, 11) is 7.72. The third-order valence-electron chi connectivity index (χ3n) is 5.31. The van der Waals surface area contributed by atoms with E-state index in [2.05, 4.69) is 34.6 Å². The van der Waals surface area contributed by atoms with Crippen LogP contribution in [0.5, 0.6) is 0 Å². The minimum atomic E-state index is 0. The fourth-order valence-electron chi connectivity index (χ4n) is 3.66. The molecule has 26 heavy (non-hydrogen) atoms. The smallest absolute Gasteiger partial charge is 0.191 e. The quantitative estimate of drug-likeness (QED) is 0.324. The van der Waals surface area contributed by atoms with Gasteiger partial charge in [0.15, 0.2) is 5.96 Å². The molecule has 1 aliphatic carbocycles. The second-order valence-corrected chi connectivity index (χ2v) is 7.25. The minimum absolute atomic E-state index is 0. The van der Waals surface area contributed by atoms with Crippen LogP contribution in [0.2, 0.25) is 0 Å². The molecule has 1 heterocycles. The molecule has 1 saturated carbocycles. The van der Waals surface area contributed by atoms with Crippen molar-refractivity contribution in [3.05, 3.63) is 24.2 Å². The van der Waals surface area contributed by atoms with Crippen molar-refractivity contribution in [3.63, 3.8) is 0 Å². The summed E-state index contributed by atoms with van der Waals surface area (Å²) in [4.78, 5) is 6.54. The van der Waals surface area contributed by atoms with E-state index in [1.807, 2.05) is 19.2 Å². The predicted molar refractivity (Wildman–Crippen MR) is 117 cm³/mol. The van der Waals surface area contributed by atoms with Crippen LogP contribution in [0.3, 0.4) is 0 Å². The summed E-state index contributed by atoms with van der Waals surface area (Å²) in [5, 5.41) is 6.98. The van der Waals surface area contributed by atoms with Gasteiger partial charge in [-0.2, -0.15) is 0 Å². The molecule has 1 atom stereocenters. The fourth-order valence-corrected chi connectivity index (χ4v) is 3.66. The van der Waals surface area contributed by atoms with Gasteiger partial charge in [-0.25, -0.2) is 0 Å². The molecule has 0 bridgehead atoms. The molecule has 1 fully saturated rings. The van der Waals surface area contributed by atoms with Crippen molar-refractivity contribution in [3.8, 4) is 0 Å². The average Bonchev–Trinajstić information content (AvgIpc) is 3.28. The largest absolute Gasteiger partial charge is 0.468 e. The molecule has 0 radical (unpaired) electrons. The highest BCUT2D eigenvalue weighted by atomic mass is 127. The Morgan fingerprint density at radius 1 is 1.35 bits per heavy atom. The molecule has 2 N–H and O–H groups in total. The van der Waals surface area contributed by atoms with E-state index in [0.29, 0.717) is 5.41 Å². The van der Waals surface area contributed by atoms with Gasteiger partial charge in [0.05, 0.1) is 12.3 Å². The molecule has 0 aliphatic heterocycles. The van der Waals surface area contributed by atoms with Crippen molar-refractivity contribution in [1.82, 2.24) is 15.5 Å². The molecule has 0 spiro atoms. The summed E-state index contributed by atoms with van der Waals surface area (Å²) in [6.07, 6.45) is 8.01. The molecule has 2 rings (SSSR count). The highest BCUT2D eigenvalue weighted by molar-refractivity contribution is 14.0. The van der Waals surface area contributed by atoms with Gasteiger partial charge in [0.2, 0.25) is 0 Å². The van der Waals surface area contributed by atoms with Crippen LogP contribution in [0.1, 0.15) is 43.9 Å². The third-order valence-corrected chi connectivity index (χ3v) is 5.31. The minimum Gasteiger partial charge on any atom is -0.468 e. The third kappa shape index (κ3) is 6.74. The van der Waals surface area contributed by atoms with E-state index in [0.717, 1.165) is 37.8 Å². The van der Waals surface area contributed by atoms with Gasteiger partial charge >= 0.3 is 0 Å². The molecule has 1 unspecified atom stereocenters. The first-order chi connectivity index (χ1) is 12.1. The lowest BCUT2D eigenvalue weighted by molar-refractivity contribution is 0.138. The van der Waals surface area contributed by atoms with Gasteiger partial charge in [0.25, 0.3) is 0 Å². The Kier molecular flexibility index (Phi) is 10.6. The van der Waals surface area contributed by atoms with Crippen molar-refractivity contribution in [1.29, 1.82) is 0 Å². The first kappa shape index (κ1) is 23.2. The Morgan fingerprint density at radius 3 is 2.62 bits per heavy atom. The standard InChI is InChI=1S/C19H34N4O2.HI/c1-20-18(21-14-16(23(2)3)17-8-7-12-25-17)22-15-19(11-13-24-4)9-5-6-10-19;/h7-8,12,16H,5-6,9-11,13-15H2,1-4H3,(H2,20,21,22);1H. The van der Waals surface area contributed by atoms with Gasteiger partial charge in [-0.05, 0) is 50.9 Å². The van der Waals surface area contributed by atoms with E-state index in [9.17, 15) is 0 Å². The maximum atomic E-state index is 5.57. The Balaban J connectivity index is 0.00000338. The van der Waals surface area contributed by atoms with E-state index >= 15 is 0 Å². The molecule has 150 valence electrons. The normalized spacial score (nSPS) is 17.8. The molecule has 6 nitrogen and oxygen atoms in total. The van der Waals surface area contributed by atoms with Crippen LogP contribution in [-0.4, -0.2) is 58.8 Å². The molecule has 0 amide bonds. The molecule has 1 aromatic rings. The Bertz CT molecular complexity index is 514. The van der Waals surface area contributed by atoms with Gasteiger partial charge in [0.1, 0.15) is 5.76 Å². The first-order valence-corrected chi connectivity index (χ1v) is 9.23. The number of methoxy groups -OCH3 is 1. The molecule has 1 aromatic heterocycles. The van der Waals surface area contributed by atoms with Crippen LogP contribution < -0.4 is 10.6 Å². The summed E-state index contributed by atoms with van der Waals surface area (Å²) >= 11 is 0. The Morgan fingerprint density at radius 2 is 2.08 bits per heavy atom. The van der Waals surface area contributed by atoms with Crippen molar-refractivity contribution >= 4 is 29.9 Å². The van der Waals surface area contributed by atoms with Gasteiger partial charge in [-0.1, -0.05) is 12.8 Å². The Hall–Kier alpha value is -0.800. The highest BCUT2D eigenvalue weighted by Gasteiger charge is 2.33. The van der Waals surface area contributed by atoms with Crippen molar-refractivity contribution in [2.45, 2.75) is 38.1 Å². The molecular weight excluding hydrogens is 443 g/mol. The Labute approximate surface area is 175 Å². The number of furan rings is 1. The number of ether oxygens (including phenoxy) is 1. The van der Waals surface area contributed by atoms with Gasteiger partial charge in [-0.15, -0.1) is 24.0 Å². The molecule has 7 heteroatoms. The second kappa shape index (κ2) is 11.8. The topological polar surface area (TPSA) is 62.0 Å². The monoisotopic (exact) mass is 478 g/mol. The lowest BCUT2D eigenvalue weighted by atomic mass is 9.83. The number of rotatable bonds is 9. The van der Waals surface area contributed by atoms with Crippen LogP contribution in [0, 0.1) is 5.41 Å². The molecular formula is C19H35IN4O2. The van der Waals surface area contributed by atoms with E-state index < -0.39 is 0 Å². The lowest BCUT2D eigenvalue weighted by Crippen LogP contribution is -2.45. The summed E-state index contributed by atoms with van der Waals surface area (Å²) < 4.78 is 10.9. The predicted octanol–water partition coefficient (Wildman–Crippen LogP) is 3.26. The van der Waals surface area contributed by atoms with Gasteiger partial charge in [-0.3, -0.25) is 9.89 Å². The van der Waals surface area contributed by atoms with Gasteiger partial charge < -0.3 is 19.8 Å². The summed E-state index contributed by atoms with van der Waals surface area (Å²) in [5.41, 5.74) is 0.343. The number of nitrogens with one attached hydrogen (secondary N) is 2. The zero-order valence-electron chi connectivity index (χ0n) is 16.6. The van der Waals surface area contributed by atoms with Crippen molar-refractivity contribution in [2.75, 3.05) is 47.9 Å². The number of likely N-dealkylation sites (N-methyl/N-ethyl adjacent to an activating group) is 1. The summed E-state index contributed by atoms with van der Waals surface area (Å²) in [6, 6.07) is 4.11. The maximum absolute atomic E-state index is 5.57. The van der Waals surface area contributed by atoms with Crippen LogP contribution in [-0.2, 0) is 4.74 Å². The molecule has 0 aromatic carbocycles. The average molecular weight is 478 g/mol. The number of hydrogen-bond donors (Lipinski definition) is 2. The molecule has 1 aliphatic rings. The van der Waals surface area contributed by atoms with Crippen LogP contribution >= 0.6 is 24.0 Å². The van der Waals surface area contributed by atoms with Crippen LogP contribution in [0.25, 0.3) is 0 Å². The van der Waals surface area contributed by atoms with E-state index in [-0.39, 0.29) is 30.0 Å². The maximum Gasteiger partial charge on any atom is 0.191 e. The van der Waals surface area contributed by atoms with E-state index in [1.165, 1.54) is 25.7 Å². The van der Waals surface area contributed by atoms with Crippen LogP contribution in [0.15, 0.2) is 27.8 Å². The second-order valence-electron chi connectivity index (χ2n) is 7.25. The fraction of sp³-hybridized carbons (Fsp3) is 0.737.